The third-order valence-electron chi connectivity index (χ3n) is 6.72. The van der Waals surface area contributed by atoms with Crippen LogP contribution in [0.4, 0.5) is 5.95 Å². The van der Waals surface area contributed by atoms with Gasteiger partial charge in [0.1, 0.15) is 5.75 Å². The van der Waals surface area contributed by atoms with Crippen LogP contribution >= 0.6 is 0 Å². The number of aromatic nitrogens is 2. The van der Waals surface area contributed by atoms with Crippen molar-refractivity contribution in [3.05, 3.63) is 30.2 Å². The van der Waals surface area contributed by atoms with Crippen molar-refractivity contribution < 1.29 is 22.4 Å². The van der Waals surface area contributed by atoms with Crippen LogP contribution in [0.15, 0.2) is 33.7 Å². The first-order valence-electron chi connectivity index (χ1n) is 11.5. The molecule has 1 aromatic carbocycles. The second kappa shape index (κ2) is 10.2. The first kappa shape index (κ1) is 23.0. The average Bonchev–Trinajstić information content (AvgIpc) is 3.30. The maximum atomic E-state index is 11.5. The second-order valence-corrected chi connectivity index (χ2v) is 11.0. The van der Waals surface area contributed by atoms with E-state index < -0.39 is 9.84 Å². The van der Waals surface area contributed by atoms with Crippen molar-refractivity contribution in [3.8, 4) is 5.75 Å². The highest BCUT2D eigenvalue weighted by molar-refractivity contribution is 7.90. The predicted molar refractivity (Wildman–Crippen MR) is 121 cm³/mol. The van der Waals surface area contributed by atoms with Crippen molar-refractivity contribution in [1.29, 1.82) is 0 Å². The Morgan fingerprint density at radius 1 is 1.12 bits per heavy atom. The van der Waals surface area contributed by atoms with Crippen LogP contribution in [0.25, 0.3) is 0 Å². The molecule has 0 N–H and O–H groups in total. The maximum absolute atomic E-state index is 11.5. The fourth-order valence-electron chi connectivity index (χ4n) is 4.52. The van der Waals surface area contributed by atoms with Gasteiger partial charge in [-0.3, -0.25) is 0 Å². The molecule has 2 aromatic rings. The molecular formula is C23H33N3O5S. The SMILES string of the molecule is CC(CCOc1ccc(S(C)(=O)=O)cc1)C1CCN(c2noc(C3CCOCC3)n2)CC1. The van der Waals surface area contributed by atoms with E-state index in [1.807, 2.05) is 0 Å². The molecule has 0 aliphatic carbocycles. The van der Waals surface area contributed by atoms with Crippen LogP contribution in [-0.2, 0) is 14.6 Å². The van der Waals surface area contributed by atoms with Crippen molar-refractivity contribution >= 4 is 15.8 Å². The Labute approximate surface area is 190 Å². The molecule has 176 valence electrons. The Kier molecular flexibility index (Phi) is 7.35. The van der Waals surface area contributed by atoms with E-state index in [1.54, 1.807) is 24.3 Å². The minimum absolute atomic E-state index is 0.312. The largest absolute Gasteiger partial charge is 0.494 e. The van der Waals surface area contributed by atoms with Gasteiger partial charge in [0.05, 0.1) is 11.5 Å². The van der Waals surface area contributed by atoms with Crippen molar-refractivity contribution in [2.24, 2.45) is 11.8 Å². The predicted octanol–water partition coefficient (Wildman–Crippen LogP) is 3.69. The van der Waals surface area contributed by atoms with Crippen LogP contribution < -0.4 is 9.64 Å². The molecule has 4 rings (SSSR count). The summed E-state index contributed by atoms with van der Waals surface area (Å²) in [5.41, 5.74) is 0. The van der Waals surface area contributed by atoms with Crippen molar-refractivity contribution in [1.82, 2.24) is 10.1 Å². The monoisotopic (exact) mass is 463 g/mol. The molecule has 2 aliphatic rings. The zero-order valence-electron chi connectivity index (χ0n) is 18.9. The van der Waals surface area contributed by atoms with Crippen molar-refractivity contribution in [2.45, 2.75) is 49.8 Å². The van der Waals surface area contributed by atoms with Gasteiger partial charge in [-0.15, -0.1) is 0 Å². The van der Waals surface area contributed by atoms with E-state index >= 15 is 0 Å². The van der Waals surface area contributed by atoms with Gasteiger partial charge in [0, 0.05) is 38.5 Å². The fraction of sp³-hybridized carbons (Fsp3) is 0.652. The topological polar surface area (TPSA) is 94.8 Å². The van der Waals surface area contributed by atoms with Gasteiger partial charge in [-0.1, -0.05) is 6.92 Å². The molecule has 1 aromatic heterocycles. The lowest BCUT2D eigenvalue weighted by molar-refractivity contribution is 0.0778. The molecule has 8 nitrogen and oxygen atoms in total. The molecule has 9 heteroatoms. The maximum Gasteiger partial charge on any atom is 0.266 e. The minimum atomic E-state index is -3.18. The van der Waals surface area contributed by atoms with E-state index in [0.29, 0.717) is 35.0 Å². The van der Waals surface area contributed by atoms with E-state index in [-0.39, 0.29) is 0 Å². The van der Waals surface area contributed by atoms with E-state index in [4.69, 9.17) is 14.0 Å². The Bertz CT molecular complexity index is 962. The normalized spacial score (nSPS) is 19.8. The van der Waals surface area contributed by atoms with E-state index in [0.717, 1.165) is 70.2 Å². The number of hydrogen-bond donors (Lipinski definition) is 0. The van der Waals surface area contributed by atoms with Gasteiger partial charge >= 0.3 is 0 Å². The minimum Gasteiger partial charge on any atom is -0.494 e. The Morgan fingerprint density at radius 3 is 2.47 bits per heavy atom. The molecule has 0 spiro atoms. The third-order valence-corrected chi connectivity index (χ3v) is 7.85. The molecule has 2 fully saturated rings. The molecule has 0 saturated carbocycles. The lowest BCUT2D eigenvalue weighted by atomic mass is 9.84. The average molecular weight is 464 g/mol. The number of sulfone groups is 1. The number of ether oxygens (including phenoxy) is 2. The van der Waals surface area contributed by atoms with Crippen LogP contribution in [0.3, 0.4) is 0 Å². The van der Waals surface area contributed by atoms with Gasteiger partial charge in [-0.05, 0) is 73.4 Å². The number of piperidine rings is 1. The lowest BCUT2D eigenvalue weighted by Crippen LogP contribution is -2.36. The molecule has 0 radical (unpaired) electrons. The number of benzene rings is 1. The Morgan fingerprint density at radius 2 is 1.81 bits per heavy atom. The van der Waals surface area contributed by atoms with Gasteiger partial charge in [-0.25, -0.2) is 8.42 Å². The summed E-state index contributed by atoms with van der Waals surface area (Å²) in [7, 11) is -3.18. The van der Waals surface area contributed by atoms with Crippen LogP contribution in [0.1, 0.15) is 50.8 Å². The van der Waals surface area contributed by atoms with Gasteiger partial charge in [0.2, 0.25) is 5.89 Å². The number of hydrogen-bond acceptors (Lipinski definition) is 8. The van der Waals surface area contributed by atoms with Gasteiger partial charge in [0.15, 0.2) is 9.84 Å². The summed E-state index contributed by atoms with van der Waals surface area (Å²) in [6.45, 7) is 6.32. The number of anilines is 1. The van der Waals surface area contributed by atoms with E-state index in [1.165, 1.54) is 6.26 Å². The summed E-state index contributed by atoms with van der Waals surface area (Å²) < 4.78 is 39.9. The van der Waals surface area contributed by atoms with E-state index in [9.17, 15) is 8.42 Å². The standard InChI is InChI=1S/C23H33N3O5S/c1-17(9-16-30-20-3-5-21(6-4-20)32(2,27)28)18-7-12-26(13-8-18)23-24-22(31-25-23)19-10-14-29-15-11-19/h3-6,17-19H,7-16H2,1-2H3. The molecular weight excluding hydrogens is 430 g/mol. The summed E-state index contributed by atoms with van der Waals surface area (Å²) in [6, 6.07) is 6.63. The quantitative estimate of drug-likeness (QED) is 0.585. The van der Waals surface area contributed by atoms with Crippen molar-refractivity contribution in [3.63, 3.8) is 0 Å². The summed E-state index contributed by atoms with van der Waals surface area (Å²) in [4.78, 5) is 7.21. The van der Waals surface area contributed by atoms with E-state index in [2.05, 4.69) is 22.0 Å². The fourth-order valence-corrected chi connectivity index (χ4v) is 5.15. The Balaban J connectivity index is 1.20. The van der Waals surface area contributed by atoms with Crippen LogP contribution in [0.5, 0.6) is 5.75 Å². The molecule has 3 heterocycles. The summed E-state index contributed by atoms with van der Waals surface area (Å²) in [6.07, 6.45) is 6.28. The summed E-state index contributed by atoms with van der Waals surface area (Å²) >= 11 is 0. The first-order chi connectivity index (χ1) is 15.4. The molecule has 1 atom stereocenters. The highest BCUT2D eigenvalue weighted by Gasteiger charge is 2.28. The van der Waals surface area contributed by atoms with Crippen LogP contribution in [0, 0.1) is 11.8 Å². The zero-order valence-corrected chi connectivity index (χ0v) is 19.7. The van der Waals surface area contributed by atoms with Crippen LogP contribution in [-0.4, -0.2) is 57.7 Å². The molecule has 2 aliphatic heterocycles. The molecule has 0 bridgehead atoms. The number of rotatable bonds is 8. The lowest BCUT2D eigenvalue weighted by Gasteiger charge is -2.34. The van der Waals surface area contributed by atoms with Crippen LogP contribution in [0.2, 0.25) is 0 Å². The van der Waals surface area contributed by atoms with Crippen molar-refractivity contribution in [2.75, 3.05) is 44.1 Å². The smallest absolute Gasteiger partial charge is 0.266 e. The van der Waals surface area contributed by atoms with Gasteiger partial charge in [0.25, 0.3) is 5.95 Å². The first-order valence-corrected chi connectivity index (χ1v) is 13.4. The molecule has 1 unspecified atom stereocenters. The third kappa shape index (κ3) is 5.81. The van der Waals surface area contributed by atoms with Gasteiger partial charge < -0.3 is 18.9 Å². The molecule has 2 saturated heterocycles. The summed E-state index contributed by atoms with van der Waals surface area (Å²) in [5.74, 6) is 3.70. The highest BCUT2D eigenvalue weighted by Crippen LogP contribution is 2.31. The second-order valence-electron chi connectivity index (χ2n) is 9.00. The van der Waals surface area contributed by atoms with Gasteiger partial charge in [-0.2, -0.15) is 4.98 Å². The molecule has 32 heavy (non-hydrogen) atoms. The molecule has 0 amide bonds. The number of nitrogens with zero attached hydrogens (tertiary/aromatic N) is 3. The Hall–Kier alpha value is -2.13. The highest BCUT2D eigenvalue weighted by atomic mass is 32.2. The zero-order chi connectivity index (χ0) is 22.6. The summed E-state index contributed by atoms with van der Waals surface area (Å²) in [5, 5.41) is 4.23.